The van der Waals surface area contributed by atoms with E-state index in [0.29, 0.717) is 40.7 Å². The molecule has 0 aliphatic heterocycles. The molecule has 0 spiro atoms. The van der Waals surface area contributed by atoms with Crippen LogP contribution < -0.4 is 10.3 Å². The number of rotatable bonds is 7. The molecule has 0 amide bonds. The second-order valence-corrected chi connectivity index (χ2v) is 15.8. The predicted octanol–water partition coefficient (Wildman–Crippen LogP) is 7.42. The number of hydrogen-bond donors (Lipinski definition) is 0. The van der Waals surface area contributed by atoms with Crippen LogP contribution in [0, 0.1) is 6.92 Å². The van der Waals surface area contributed by atoms with E-state index in [-0.39, 0.29) is 10.6 Å². The Balaban J connectivity index is 1.65. The average molecular weight is 521 g/mol. The van der Waals surface area contributed by atoms with Crippen LogP contribution in [0.3, 0.4) is 0 Å². The van der Waals surface area contributed by atoms with Gasteiger partial charge in [-0.3, -0.25) is 9.36 Å². The highest BCUT2D eigenvalue weighted by Gasteiger charge is 2.36. The normalized spacial score (nSPS) is 12.2. The SMILES string of the molecule is Cc1cc(-c2nc3ccccc3c(=O)n2-c2ccc(Cl)cc2)ccc1OCCO[Si](C)(C)C(C)(C)C. The first kappa shape index (κ1) is 26.1. The number of nitrogens with zero attached hydrogens (tertiary/aromatic N) is 2. The van der Waals surface area contributed by atoms with Crippen molar-refractivity contribution >= 4 is 30.8 Å². The van der Waals surface area contributed by atoms with Crippen molar-refractivity contribution in [1.29, 1.82) is 0 Å². The molecule has 188 valence electrons. The first-order chi connectivity index (χ1) is 17.0. The molecule has 0 saturated carbocycles. The van der Waals surface area contributed by atoms with Crippen LogP contribution in [0.15, 0.2) is 71.5 Å². The van der Waals surface area contributed by atoms with Gasteiger partial charge >= 0.3 is 0 Å². The van der Waals surface area contributed by atoms with E-state index in [2.05, 4.69) is 33.9 Å². The molecular formula is C29H33ClN2O3Si. The summed E-state index contributed by atoms with van der Waals surface area (Å²) in [4.78, 5) is 18.4. The molecule has 0 aliphatic carbocycles. The zero-order chi connectivity index (χ0) is 26.1. The van der Waals surface area contributed by atoms with Crippen LogP contribution in [0.5, 0.6) is 5.75 Å². The highest BCUT2D eigenvalue weighted by atomic mass is 35.5. The fraction of sp³-hybridized carbons (Fsp3) is 0.310. The van der Waals surface area contributed by atoms with Gasteiger partial charge in [0.05, 0.1) is 23.2 Å². The van der Waals surface area contributed by atoms with E-state index in [1.54, 1.807) is 22.8 Å². The van der Waals surface area contributed by atoms with Crippen LogP contribution in [0.1, 0.15) is 26.3 Å². The summed E-state index contributed by atoms with van der Waals surface area (Å²) in [5.41, 5.74) is 3.03. The molecule has 0 N–H and O–H groups in total. The molecule has 36 heavy (non-hydrogen) atoms. The Hall–Kier alpha value is -2.93. The Bertz CT molecular complexity index is 1440. The van der Waals surface area contributed by atoms with E-state index >= 15 is 0 Å². The third-order valence-electron chi connectivity index (χ3n) is 6.90. The van der Waals surface area contributed by atoms with Gasteiger partial charge in [-0.05, 0) is 85.2 Å². The van der Waals surface area contributed by atoms with Crippen molar-refractivity contribution < 1.29 is 9.16 Å². The maximum Gasteiger partial charge on any atom is 0.266 e. The Morgan fingerprint density at radius 2 is 1.67 bits per heavy atom. The molecule has 0 saturated heterocycles. The van der Waals surface area contributed by atoms with E-state index in [1.807, 2.05) is 55.5 Å². The lowest BCUT2D eigenvalue weighted by Crippen LogP contribution is -2.41. The number of hydrogen-bond acceptors (Lipinski definition) is 4. The Morgan fingerprint density at radius 3 is 2.33 bits per heavy atom. The molecule has 0 bridgehead atoms. The van der Waals surface area contributed by atoms with Crippen LogP contribution in [-0.2, 0) is 4.43 Å². The number of aromatic nitrogens is 2. The topological polar surface area (TPSA) is 53.4 Å². The van der Waals surface area contributed by atoms with E-state index in [1.165, 1.54) is 0 Å². The number of aryl methyl sites for hydroxylation is 1. The largest absolute Gasteiger partial charge is 0.491 e. The van der Waals surface area contributed by atoms with Gasteiger partial charge in [-0.15, -0.1) is 0 Å². The van der Waals surface area contributed by atoms with E-state index in [0.717, 1.165) is 16.9 Å². The predicted molar refractivity (Wildman–Crippen MR) is 151 cm³/mol. The van der Waals surface area contributed by atoms with Gasteiger partial charge in [0, 0.05) is 10.6 Å². The van der Waals surface area contributed by atoms with Crippen molar-refractivity contribution in [2.45, 2.75) is 45.8 Å². The minimum atomic E-state index is -1.81. The Morgan fingerprint density at radius 1 is 0.972 bits per heavy atom. The molecule has 1 aromatic heterocycles. The summed E-state index contributed by atoms with van der Waals surface area (Å²) in [6, 6.07) is 20.5. The zero-order valence-electron chi connectivity index (χ0n) is 21.8. The zero-order valence-corrected chi connectivity index (χ0v) is 23.5. The van der Waals surface area contributed by atoms with E-state index < -0.39 is 8.32 Å². The first-order valence-electron chi connectivity index (χ1n) is 12.1. The third kappa shape index (κ3) is 5.41. The molecule has 1 heterocycles. The molecule has 4 rings (SSSR count). The van der Waals surface area contributed by atoms with Crippen LogP contribution in [0.4, 0.5) is 0 Å². The number of ether oxygens (including phenoxy) is 1. The van der Waals surface area contributed by atoms with Gasteiger partial charge in [0.1, 0.15) is 18.2 Å². The molecule has 5 nitrogen and oxygen atoms in total. The molecule has 7 heteroatoms. The fourth-order valence-electron chi connectivity index (χ4n) is 3.77. The quantitative estimate of drug-likeness (QED) is 0.188. The first-order valence-corrected chi connectivity index (χ1v) is 15.4. The molecule has 0 atom stereocenters. The second-order valence-electron chi connectivity index (χ2n) is 10.5. The lowest BCUT2D eigenvalue weighted by Gasteiger charge is -2.36. The van der Waals surface area contributed by atoms with E-state index in [9.17, 15) is 4.79 Å². The summed E-state index contributed by atoms with van der Waals surface area (Å²) in [6.07, 6.45) is 0. The van der Waals surface area contributed by atoms with Gasteiger partial charge in [0.2, 0.25) is 0 Å². The number of para-hydroxylation sites is 1. The monoisotopic (exact) mass is 520 g/mol. The highest BCUT2D eigenvalue weighted by Crippen LogP contribution is 2.36. The van der Waals surface area contributed by atoms with Crippen LogP contribution >= 0.6 is 11.6 Å². The fourth-order valence-corrected chi connectivity index (χ4v) is 4.92. The molecule has 0 aliphatic rings. The Labute approximate surface area is 218 Å². The summed E-state index contributed by atoms with van der Waals surface area (Å²) in [6.45, 7) is 14.2. The summed E-state index contributed by atoms with van der Waals surface area (Å²) < 4.78 is 13.9. The van der Waals surface area contributed by atoms with Crippen molar-refractivity contribution in [1.82, 2.24) is 9.55 Å². The molecule has 0 radical (unpaired) electrons. The van der Waals surface area contributed by atoms with Crippen LogP contribution in [0.25, 0.3) is 28.0 Å². The molecule has 0 unspecified atom stereocenters. The third-order valence-corrected chi connectivity index (χ3v) is 11.7. The van der Waals surface area contributed by atoms with Crippen molar-refractivity contribution in [2.75, 3.05) is 13.2 Å². The lowest BCUT2D eigenvalue weighted by molar-refractivity contribution is 0.203. The van der Waals surface area contributed by atoms with Gasteiger partial charge in [-0.1, -0.05) is 44.5 Å². The van der Waals surface area contributed by atoms with Gasteiger partial charge in [-0.25, -0.2) is 4.98 Å². The van der Waals surface area contributed by atoms with Gasteiger partial charge in [0.25, 0.3) is 5.56 Å². The van der Waals surface area contributed by atoms with Crippen molar-refractivity contribution in [2.24, 2.45) is 0 Å². The molecular weight excluding hydrogens is 488 g/mol. The molecule has 0 fully saturated rings. The summed E-state index contributed by atoms with van der Waals surface area (Å²) in [5.74, 6) is 1.36. The summed E-state index contributed by atoms with van der Waals surface area (Å²) in [5, 5.41) is 1.34. The summed E-state index contributed by atoms with van der Waals surface area (Å²) in [7, 11) is -1.81. The van der Waals surface area contributed by atoms with Gasteiger partial charge in [-0.2, -0.15) is 0 Å². The van der Waals surface area contributed by atoms with Crippen molar-refractivity contribution in [3.05, 3.63) is 87.7 Å². The molecule has 4 aromatic rings. The summed E-state index contributed by atoms with van der Waals surface area (Å²) >= 11 is 6.10. The minimum absolute atomic E-state index is 0.126. The van der Waals surface area contributed by atoms with Crippen LogP contribution in [0.2, 0.25) is 23.2 Å². The minimum Gasteiger partial charge on any atom is -0.491 e. The Kier molecular flexibility index (Phi) is 7.41. The number of benzene rings is 3. The maximum absolute atomic E-state index is 13.5. The smallest absolute Gasteiger partial charge is 0.266 e. The molecule has 3 aromatic carbocycles. The highest BCUT2D eigenvalue weighted by molar-refractivity contribution is 6.74. The second kappa shape index (κ2) is 10.2. The lowest BCUT2D eigenvalue weighted by atomic mass is 10.1. The number of fused-ring (bicyclic) bond motifs is 1. The number of halogens is 1. The van der Waals surface area contributed by atoms with Crippen molar-refractivity contribution in [3.8, 4) is 22.8 Å². The van der Waals surface area contributed by atoms with Crippen LogP contribution in [-0.4, -0.2) is 31.1 Å². The van der Waals surface area contributed by atoms with Gasteiger partial charge in [0.15, 0.2) is 8.32 Å². The van der Waals surface area contributed by atoms with Gasteiger partial charge < -0.3 is 9.16 Å². The van der Waals surface area contributed by atoms with Crippen molar-refractivity contribution in [3.63, 3.8) is 0 Å². The average Bonchev–Trinajstić information content (AvgIpc) is 2.82. The maximum atomic E-state index is 13.5. The standard InChI is InChI=1S/C29H33ClN2O3Si/c1-20-19-21(11-16-26(20)34-17-18-35-36(5,6)29(2,3)4)27-31-25-10-8-7-9-24(25)28(33)32(27)23-14-12-22(30)13-15-23/h7-16,19H,17-18H2,1-6H3. The van der Waals surface area contributed by atoms with E-state index in [4.69, 9.17) is 25.7 Å².